The molecule has 0 aliphatic carbocycles. The second-order valence-electron chi connectivity index (χ2n) is 6.78. The number of hydrogen-bond acceptors (Lipinski definition) is 4. The summed E-state index contributed by atoms with van der Waals surface area (Å²) in [5.74, 6) is 0.601. The number of aryl methyl sites for hydroxylation is 1. The lowest BCUT2D eigenvalue weighted by Gasteiger charge is -2.08. The van der Waals surface area contributed by atoms with Crippen molar-refractivity contribution in [3.8, 4) is 17.5 Å². The van der Waals surface area contributed by atoms with Gasteiger partial charge >= 0.3 is 5.69 Å². The third-order valence-corrected chi connectivity index (χ3v) is 4.79. The van der Waals surface area contributed by atoms with Gasteiger partial charge in [-0.1, -0.05) is 37.3 Å². The van der Waals surface area contributed by atoms with E-state index in [4.69, 9.17) is 10.2 Å². The summed E-state index contributed by atoms with van der Waals surface area (Å²) in [5, 5.41) is 9.04. The van der Waals surface area contributed by atoms with Gasteiger partial charge in [0, 0.05) is 12.1 Å². The molecule has 2 aromatic carbocycles. The fraction of sp³-hybridized carbons (Fsp3) is 0.182. The number of nitriles is 1. The van der Waals surface area contributed by atoms with Gasteiger partial charge in [-0.3, -0.25) is 14.3 Å². The number of nitrogens with zero attached hydrogens (tertiary/aromatic N) is 4. The van der Waals surface area contributed by atoms with Gasteiger partial charge in [-0.2, -0.15) is 5.26 Å². The molecule has 4 rings (SSSR count). The van der Waals surface area contributed by atoms with Crippen LogP contribution < -0.4 is 11.2 Å². The normalized spacial score (nSPS) is 10.9. The van der Waals surface area contributed by atoms with Crippen molar-refractivity contribution >= 4 is 11.2 Å². The number of imidazole rings is 1. The zero-order chi connectivity index (χ0) is 20.4. The van der Waals surface area contributed by atoms with E-state index in [1.807, 2.05) is 41.8 Å². The van der Waals surface area contributed by atoms with Crippen molar-refractivity contribution in [1.29, 1.82) is 5.26 Å². The van der Waals surface area contributed by atoms with Gasteiger partial charge in [0.15, 0.2) is 11.2 Å². The monoisotopic (exact) mass is 385 g/mol. The predicted octanol–water partition coefficient (Wildman–Crippen LogP) is 2.88. The first kappa shape index (κ1) is 18.4. The van der Waals surface area contributed by atoms with Crippen LogP contribution in [-0.4, -0.2) is 19.1 Å². The average molecular weight is 385 g/mol. The highest BCUT2D eigenvalue weighted by Crippen LogP contribution is 2.23. The lowest BCUT2D eigenvalue weighted by atomic mass is 10.1. The molecule has 0 aliphatic heterocycles. The summed E-state index contributed by atoms with van der Waals surface area (Å²) in [6, 6.07) is 18.7. The number of rotatable bonds is 5. The Morgan fingerprint density at radius 1 is 1.03 bits per heavy atom. The van der Waals surface area contributed by atoms with Gasteiger partial charge in [0.05, 0.1) is 18.2 Å². The molecule has 0 fully saturated rings. The van der Waals surface area contributed by atoms with Crippen LogP contribution in [0, 0.1) is 11.3 Å². The molecule has 0 saturated carbocycles. The summed E-state index contributed by atoms with van der Waals surface area (Å²) >= 11 is 0. The van der Waals surface area contributed by atoms with E-state index in [1.165, 1.54) is 4.57 Å². The molecule has 0 atom stereocenters. The lowest BCUT2D eigenvalue weighted by molar-refractivity contribution is 0.697. The molecule has 4 aromatic rings. The van der Waals surface area contributed by atoms with Crippen molar-refractivity contribution in [3.05, 3.63) is 86.6 Å². The molecule has 0 radical (unpaired) electrons. The number of fused-ring (bicyclic) bond motifs is 1. The van der Waals surface area contributed by atoms with Crippen LogP contribution in [0.15, 0.2) is 64.2 Å². The van der Waals surface area contributed by atoms with Gasteiger partial charge in [0.2, 0.25) is 0 Å². The minimum absolute atomic E-state index is 0.308. The van der Waals surface area contributed by atoms with Crippen LogP contribution in [0.5, 0.6) is 0 Å². The minimum atomic E-state index is -0.487. The third-order valence-electron chi connectivity index (χ3n) is 4.79. The lowest BCUT2D eigenvalue weighted by Crippen LogP contribution is -2.31. The van der Waals surface area contributed by atoms with Gasteiger partial charge in [-0.15, -0.1) is 0 Å². The van der Waals surface area contributed by atoms with Crippen molar-refractivity contribution in [2.45, 2.75) is 26.4 Å². The molecular formula is C22H19N5O2. The highest BCUT2D eigenvalue weighted by atomic mass is 16.2. The average Bonchev–Trinajstić information content (AvgIpc) is 3.12. The number of H-pyrrole nitrogens is 1. The summed E-state index contributed by atoms with van der Waals surface area (Å²) in [6.45, 7) is 2.91. The van der Waals surface area contributed by atoms with E-state index in [0.717, 1.165) is 17.5 Å². The highest BCUT2D eigenvalue weighted by Gasteiger charge is 2.19. The Bertz CT molecular complexity index is 1320. The van der Waals surface area contributed by atoms with Gasteiger partial charge in [-0.25, -0.2) is 9.78 Å². The maximum Gasteiger partial charge on any atom is 0.330 e. The fourth-order valence-corrected chi connectivity index (χ4v) is 3.44. The number of hydrogen-bond donors (Lipinski definition) is 1. The first-order valence-corrected chi connectivity index (χ1v) is 9.40. The fourth-order valence-electron chi connectivity index (χ4n) is 3.44. The van der Waals surface area contributed by atoms with Crippen molar-refractivity contribution in [1.82, 2.24) is 19.1 Å². The quantitative estimate of drug-likeness (QED) is 0.571. The molecule has 0 saturated heterocycles. The molecule has 0 aliphatic rings. The van der Waals surface area contributed by atoms with Crippen LogP contribution >= 0.6 is 0 Å². The van der Waals surface area contributed by atoms with Crippen LogP contribution in [0.25, 0.3) is 22.6 Å². The van der Waals surface area contributed by atoms with E-state index >= 15 is 0 Å². The van der Waals surface area contributed by atoms with E-state index in [2.05, 4.69) is 11.1 Å². The van der Waals surface area contributed by atoms with E-state index < -0.39 is 11.2 Å². The van der Waals surface area contributed by atoms with Crippen LogP contribution in [0.3, 0.4) is 0 Å². The smallest absolute Gasteiger partial charge is 0.318 e. The molecule has 0 unspecified atom stereocenters. The SMILES string of the molecule is CCCn1c(-c2ccc(C#N)cc2)nc2c1c(=O)[nH]c(=O)n2Cc1ccccc1. The summed E-state index contributed by atoms with van der Waals surface area (Å²) in [7, 11) is 0. The van der Waals surface area contributed by atoms with E-state index in [1.54, 1.807) is 24.3 Å². The largest absolute Gasteiger partial charge is 0.330 e. The van der Waals surface area contributed by atoms with E-state index in [9.17, 15) is 9.59 Å². The van der Waals surface area contributed by atoms with Crippen LogP contribution in [0.4, 0.5) is 0 Å². The van der Waals surface area contributed by atoms with Gasteiger partial charge in [-0.05, 0) is 36.2 Å². The molecule has 0 spiro atoms. The molecule has 7 nitrogen and oxygen atoms in total. The van der Waals surface area contributed by atoms with E-state index in [-0.39, 0.29) is 0 Å². The number of aromatic amines is 1. The number of benzene rings is 2. The second kappa shape index (κ2) is 7.60. The number of nitrogens with one attached hydrogen (secondary N) is 1. The van der Waals surface area contributed by atoms with Crippen LogP contribution in [0.1, 0.15) is 24.5 Å². The Morgan fingerprint density at radius 3 is 2.41 bits per heavy atom. The molecule has 7 heteroatoms. The van der Waals surface area contributed by atoms with Crippen molar-refractivity contribution in [2.24, 2.45) is 0 Å². The summed E-state index contributed by atoms with van der Waals surface area (Å²) in [6.07, 6.45) is 0.798. The summed E-state index contributed by atoms with van der Waals surface area (Å²) < 4.78 is 3.34. The zero-order valence-electron chi connectivity index (χ0n) is 15.9. The third kappa shape index (κ3) is 3.36. The summed E-state index contributed by atoms with van der Waals surface area (Å²) in [5.41, 5.74) is 2.07. The van der Waals surface area contributed by atoms with Crippen molar-refractivity contribution in [2.75, 3.05) is 0 Å². The molecule has 0 bridgehead atoms. The van der Waals surface area contributed by atoms with E-state index in [0.29, 0.717) is 35.6 Å². The molecular weight excluding hydrogens is 366 g/mol. The van der Waals surface area contributed by atoms with Gasteiger partial charge in [0.1, 0.15) is 5.82 Å². The van der Waals surface area contributed by atoms with Gasteiger partial charge < -0.3 is 4.57 Å². The topological polar surface area (TPSA) is 96.5 Å². The maximum absolute atomic E-state index is 12.7. The molecule has 2 aromatic heterocycles. The van der Waals surface area contributed by atoms with Crippen LogP contribution in [-0.2, 0) is 13.1 Å². The molecule has 29 heavy (non-hydrogen) atoms. The Labute approximate surface area is 166 Å². The zero-order valence-corrected chi connectivity index (χ0v) is 15.9. The minimum Gasteiger partial charge on any atom is -0.318 e. The molecule has 1 N–H and O–H groups in total. The highest BCUT2D eigenvalue weighted by molar-refractivity contribution is 5.77. The standard InChI is InChI=1S/C22H19N5O2/c1-2-12-26-18-20(24-19(26)17-10-8-15(13-23)9-11-17)27(22(29)25-21(18)28)14-16-6-4-3-5-7-16/h3-11H,2,12,14H2,1H3,(H,25,28,29). The molecule has 2 heterocycles. The second-order valence-corrected chi connectivity index (χ2v) is 6.78. The Balaban J connectivity index is 1.97. The van der Waals surface area contributed by atoms with Gasteiger partial charge in [0.25, 0.3) is 5.56 Å². The first-order valence-electron chi connectivity index (χ1n) is 9.40. The van der Waals surface area contributed by atoms with Crippen molar-refractivity contribution in [3.63, 3.8) is 0 Å². The van der Waals surface area contributed by atoms with Crippen molar-refractivity contribution < 1.29 is 0 Å². The number of aromatic nitrogens is 4. The molecule has 144 valence electrons. The molecule has 0 amide bonds. The Kier molecular flexibility index (Phi) is 4.83. The van der Waals surface area contributed by atoms with Crippen LogP contribution in [0.2, 0.25) is 0 Å². The maximum atomic E-state index is 12.7. The first-order chi connectivity index (χ1) is 14.1. The Morgan fingerprint density at radius 2 is 1.76 bits per heavy atom. The summed E-state index contributed by atoms with van der Waals surface area (Å²) in [4.78, 5) is 32.4. The predicted molar refractivity (Wildman–Crippen MR) is 111 cm³/mol. The Hall–Kier alpha value is -3.92.